The Morgan fingerprint density at radius 3 is 1.32 bits per heavy atom. The summed E-state index contributed by atoms with van der Waals surface area (Å²) >= 11 is 0. The highest BCUT2D eigenvalue weighted by Crippen LogP contribution is 2.41. The Labute approximate surface area is 569 Å². The maximum absolute atomic E-state index is 13.7. The fraction of sp³-hybridized carbons (Fsp3) is 0.338. The molecule has 12 rings (SSSR count). The Balaban J connectivity index is 0.000000160. The maximum atomic E-state index is 13.7. The summed E-state index contributed by atoms with van der Waals surface area (Å²) < 4.78 is 68.1. The highest BCUT2D eigenvalue weighted by atomic mass is 19.1. The molecule has 98 heavy (non-hydrogen) atoms. The van der Waals surface area contributed by atoms with Gasteiger partial charge in [0.1, 0.15) is 40.8 Å². The molecule has 0 radical (unpaired) electrons. The number of nitrogens with zero attached hydrogens (tertiary/aromatic N) is 9. The summed E-state index contributed by atoms with van der Waals surface area (Å²) in [7, 11) is 4.79. The zero-order valence-electron chi connectivity index (χ0n) is 56.9. The third-order valence-electron chi connectivity index (χ3n) is 18.5. The maximum Gasteiger partial charge on any atom is 0.303 e. The molecule has 9 aromatic rings. The molecule has 3 saturated heterocycles. The van der Waals surface area contributed by atoms with E-state index in [0.717, 1.165) is 87.7 Å². The Morgan fingerprint density at radius 2 is 0.888 bits per heavy atom. The van der Waals surface area contributed by atoms with Gasteiger partial charge in [-0.2, -0.15) is 0 Å². The van der Waals surface area contributed by atoms with E-state index in [4.69, 9.17) is 18.9 Å². The van der Waals surface area contributed by atoms with Gasteiger partial charge in [0, 0.05) is 50.7 Å². The molecular formula is C77H84F3N9O9. The number of aromatic nitrogens is 6. The quantitative estimate of drug-likeness (QED) is 0.0633. The highest BCUT2D eigenvalue weighted by Gasteiger charge is 2.41. The zero-order chi connectivity index (χ0) is 69.9. The summed E-state index contributed by atoms with van der Waals surface area (Å²) in [5, 5.41) is 11.1. The lowest BCUT2D eigenvalue weighted by Gasteiger charge is -2.39. The standard InChI is InChI=1S/C27H30FN3O4.C25H28FN3O3.C25H26FN3O2/c1-17-15-30(16-29-17)24-12-9-21(14-25(24)34-4)26(35-19(3)32)23-6-5-13-31(27(23)33)18(2)20-7-10-22(28)11-8-20;1-16-14-28(15-27-16)22-11-8-19(13-23(22)32-3)24(30)21-5-4-12-29(25(21)31)17(2)18-6-9-20(26)10-7-18;1-17-15-28(16-27-17)23-11-6-19(14-24(23)31-3)13-21-5-4-12-29(25(21)30)18(2)20-7-9-22(26)10-8-20/h7-12,14-16,18,23,26H,5-6,13H2,1-4H3;6-11,13-15,17,21,24,30H,4-5,12H2,1-3H3;6-11,13-16,18H,4-5,12H2,1-3H3/b;;21-13+/t18-,23?,26?;17-,21?,24?;18-/m000/s1. The van der Waals surface area contributed by atoms with Crippen molar-refractivity contribution in [2.24, 2.45) is 11.8 Å². The molecule has 21 heteroatoms. The van der Waals surface area contributed by atoms with Crippen molar-refractivity contribution in [1.29, 1.82) is 0 Å². The first-order valence-electron chi connectivity index (χ1n) is 32.9. The number of aryl methyl sites for hydroxylation is 3. The van der Waals surface area contributed by atoms with E-state index in [1.54, 1.807) is 92.6 Å². The zero-order valence-corrected chi connectivity index (χ0v) is 56.9. The van der Waals surface area contributed by atoms with E-state index < -0.39 is 30.0 Å². The average molecular weight is 1340 g/mol. The number of benzene rings is 6. The van der Waals surface area contributed by atoms with Crippen LogP contribution >= 0.6 is 0 Å². The monoisotopic (exact) mass is 1340 g/mol. The van der Waals surface area contributed by atoms with Crippen LogP contribution in [0, 0.1) is 50.1 Å². The van der Waals surface area contributed by atoms with Crippen LogP contribution in [-0.2, 0) is 23.9 Å². The number of ether oxygens (including phenoxy) is 4. The van der Waals surface area contributed by atoms with Gasteiger partial charge in [0.05, 0.1) is 111 Å². The van der Waals surface area contributed by atoms with Gasteiger partial charge < -0.3 is 52.5 Å². The minimum absolute atomic E-state index is 0.0244. The lowest BCUT2D eigenvalue weighted by Crippen LogP contribution is -2.45. The van der Waals surface area contributed by atoms with Crippen molar-refractivity contribution in [2.75, 3.05) is 41.0 Å². The first kappa shape index (κ1) is 70.5. The Kier molecular flexibility index (Phi) is 22.8. The van der Waals surface area contributed by atoms with E-state index in [0.29, 0.717) is 60.9 Å². The summed E-state index contributed by atoms with van der Waals surface area (Å²) in [5.74, 6) is -0.701. The van der Waals surface area contributed by atoms with Crippen LogP contribution in [0.1, 0.15) is 147 Å². The molecule has 0 spiro atoms. The molecule has 3 aromatic heterocycles. The molecule has 3 aliphatic heterocycles. The van der Waals surface area contributed by atoms with Crippen molar-refractivity contribution >= 4 is 29.8 Å². The van der Waals surface area contributed by atoms with Crippen LogP contribution in [0.4, 0.5) is 13.2 Å². The van der Waals surface area contributed by atoms with E-state index in [-0.39, 0.29) is 53.3 Å². The number of piperidine rings is 3. The average Bonchev–Trinajstić information content (AvgIpc) is 0.894. The number of aliphatic hydroxyl groups is 1. The van der Waals surface area contributed by atoms with Gasteiger partial charge in [-0.3, -0.25) is 19.2 Å². The lowest BCUT2D eigenvalue weighted by molar-refractivity contribution is -0.158. The Bertz CT molecular complexity index is 4280. The normalized spacial score (nSPS) is 17.6. The number of amides is 3. The number of methoxy groups -OCH3 is 3. The van der Waals surface area contributed by atoms with E-state index >= 15 is 0 Å². The van der Waals surface area contributed by atoms with E-state index in [1.807, 2.05) is 133 Å². The molecule has 6 heterocycles. The minimum atomic E-state index is -0.946. The fourth-order valence-electron chi connectivity index (χ4n) is 13.1. The largest absolute Gasteiger partial charge is 0.495 e. The second-order valence-corrected chi connectivity index (χ2v) is 25.1. The van der Waals surface area contributed by atoms with Gasteiger partial charge in [-0.1, -0.05) is 54.6 Å². The third-order valence-corrected chi connectivity index (χ3v) is 18.5. The molecule has 0 bridgehead atoms. The molecule has 6 aromatic carbocycles. The van der Waals surface area contributed by atoms with Crippen molar-refractivity contribution in [2.45, 2.75) is 117 Å². The summed E-state index contributed by atoms with van der Waals surface area (Å²) in [6, 6.07) is 35.1. The number of halogens is 3. The van der Waals surface area contributed by atoms with Crippen molar-refractivity contribution in [3.8, 4) is 34.3 Å². The van der Waals surface area contributed by atoms with Crippen LogP contribution in [-0.4, -0.2) is 113 Å². The lowest BCUT2D eigenvalue weighted by atomic mass is 9.86. The van der Waals surface area contributed by atoms with Crippen molar-refractivity contribution in [3.05, 3.63) is 238 Å². The van der Waals surface area contributed by atoms with Crippen molar-refractivity contribution in [1.82, 2.24) is 43.4 Å². The third kappa shape index (κ3) is 16.4. The second kappa shape index (κ2) is 31.7. The van der Waals surface area contributed by atoms with Crippen molar-refractivity contribution < 1.29 is 56.4 Å². The molecular weight excluding hydrogens is 1250 g/mol. The summed E-state index contributed by atoms with van der Waals surface area (Å²) in [4.78, 5) is 70.5. The number of carbonyl (C=O) groups excluding carboxylic acids is 4. The molecule has 0 saturated carbocycles. The van der Waals surface area contributed by atoms with Crippen LogP contribution in [0.15, 0.2) is 171 Å². The summed E-state index contributed by atoms with van der Waals surface area (Å²) in [5.41, 5.74) is 10.8. The molecule has 0 aliphatic carbocycles. The number of imidazole rings is 3. The number of rotatable bonds is 18. The number of esters is 1. The molecule has 18 nitrogen and oxygen atoms in total. The van der Waals surface area contributed by atoms with Crippen LogP contribution in [0.25, 0.3) is 23.1 Å². The van der Waals surface area contributed by atoms with Crippen LogP contribution in [0.2, 0.25) is 0 Å². The molecule has 1 N–H and O–H groups in total. The Hall–Kier alpha value is -10.3. The van der Waals surface area contributed by atoms with E-state index in [9.17, 15) is 37.5 Å². The highest BCUT2D eigenvalue weighted by molar-refractivity contribution is 5.99. The number of hydrogen-bond donors (Lipinski definition) is 1. The number of likely N-dealkylation sites (tertiary alicyclic amines) is 3. The van der Waals surface area contributed by atoms with E-state index in [2.05, 4.69) is 15.0 Å². The summed E-state index contributed by atoms with van der Waals surface area (Å²) in [6.45, 7) is 14.8. The molecule has 3 aliphatic rings. The second-order valence-electron chi connectivity index (χ2n) is 25.1. The summed E-state index contributed by atoms with van der Waals surface area (Å²) in [6.07, 6.45) is 15.5. The molecule has 3 fully saturated rings. The molecule has 4 unspecified atom stereocenters. The first-order valence-corrected chi connectivity index (χ1v) is 32.9. The minimum Gasteiger partial charge on any atom is -0.495 e. The fourth-order valence-corrected chi connectivity index (χ4v) is 13.1. The van der Waals surface area contributed by atoms with Crippen LogP contribution in [0.3, 0.4) is 0 Å². The van der Waals surface area contributed by atoms with Gasteiger partial charge in [0.2, 0.25) is 17.7 Å². The number of aliphatic hydroxyl groups excluding tert-OH is 1. The van der Waals surface area contributed by atoms with Gasteiger partial charge in [-0.05, 0) is 192 Å². The predicted molar refractivity (Wildman–Crippen MR) is 366 cm³/mol. The predicted octanol–water partition coefficient (Wildman–Crippen LogP) is 14.4. The van der Waals surface area contributed by atoms with Gasteiger partial charge in [0.25, 0.3) is 0 Å². The van der Waals surface area contributed by atoms with E-state index in [1.165, 1.54) is 43.3 Å². The SMILES string of the molecule is COc1cc(/C=C2\CCCN([C@@H](C)c3ccc(F)cc3)C2=O)ccc1-n1cnc(C)c1.COc1cc(C(O)C2CCCN([C@@H](C)c3ccc(F)cc3)C2=O)ccc1-n1cnc(C)c1.COc1cc(C(OC(C)=O)C2CCCN([C@@H](C)c3ccc(F)cc3)C2=O)ccc1-n1cnc(C)c1. The molecule has 512 valence electrons. The van der Waals surface area contributed by atoms with Gasteiger partial charge >= 0.3 is 5.97 Å². The van der Waals surface area contributed by atoms with Crippen LogP contribution in [0.5, 0.6) is 17.2 Å². The smallest absolute Gasteiger partial charge is 0.303 e. The molecule has 3 amide bonds. The number of carbonyl (C=O) groups is 4. The van der Waals surface area contributed by atoms with Gasteiger partial charge in [-0.15, -0.1) is 0 Å². The topological polar surface area (TPSA) is 189 Å². The van der Waals surface area contributed by atoms with Crippen molar-refractivity contribution in [3.63, 3.8) is 0 Å². The van der Waals surface area contributed by atoms with Crippen LogP contribution < -0.4 is 14.2 Å². The number of hydrogen-bond acceptors (Lipinski definition) is 12. The van der Waals surface area contributed by atoms with Gasteiger partial charge in [0.15, 0.2) is 0 Å². The van der Waals surface area contributed by atoms with Gasteiger partial charge in [-0.25, -0.2) is 28.1 Å². The Morgan fingerprint density at radius 1 is 0.510 bits per heavy atom. The first-order chi connectivity index (χ1) is 47.1. The molecule has 7 atom stereocenters.